The number of halogens is 1. The third-order valence-electron chi connectivity index (χ3n) is 2.51. The van der Waals surface area contributed by atoms with Gasteiger partial charge in [-0.05, 0) is 31.8 Å². The van der Waals surface area contributed by atoms with Gasteiger partial charge in [0.2, 0.25) is 0 Å². The van der Waals surface area contributed by atoms with Gasteiger partial charge < -0.3 is 4.90 Å². The maximum atomic E-state index is 2.56. The summed E-state index contributed by atoms with van der Waals surface area (Å²) in [7, 11) is 0. The molecule has 0 radical (unpaired) electrons. The summed E-state index contributed by atoms with van der Waals surface area (Å²) in [6.07, 6.45) is 4.25. The molecule has 0 aromatic rings. The molecule has 1 heterocycles. The minimum Gasteiger partial charge on any atom is -0.303 e. The van der Waals surface area contributed by atoms with Crippen LogP contribution in [0.5, 0.6) is 0 Å². The number of nitrogens with zero attached hydrogens (tertiary/aromatic N) is 1. The first-order valence-electron chi connectivity index (χ1n) is 4.59. The van der Waals surface area contributed by atoms with Crippen LogP contribution in [0.2, 0.25) is 0 Å². The van der Waals surface area contributed by atoms with Gasteiger partial charge in [0.1, 0.15) is 0 Å². The van der Waals surface area contributed by atoms with Crippen LogP contribution in [0.4, 0.5) is 4.70 Å². The predicted octanol–water partition coefficient (Wildman–Crippen LogP) is 2.28. The van der Waals surface area contributed by atoms with Crippen molar-refractivity contribution in [2.75, 3.05) is 19.6 Å². The van der Waals surface area contributed by atoms with Gasteiger partial charge in [-0.15, -0.1) is 0 Å². The summed E-state index contributed by atoms with van der Waals surface area (Å²) in [6.45, 7) is 8.51. The minimum absolute atomic E-state index is 0. The quantitative estimate of drug-likeness (QED) is 0.614. The molecule has 0 N–H and O–H groups in total. The summed E-state index contributed by atoms with van der Waals surface area (Å²) < 4.78 is 0. The summed E-state index contributed by atoms with van der Waals surface area (Å²) in [5.74, 6) is 1.02. The Morgan fingerprint density at radius 1 is 1.36 bits per heavy atom. The molecule has 1 atom stereocenters. The summed E-state index contributed by atoms with van der Waals surface area (Å²) in [5, 5.41) is 0. The van der Waals surface area contributed by atoms with Crippen LogP contribution in [0.3, 0.4) is 0 Å². The third kappa shape index (κ3) is 3.19. The Kier molecular flexibility index (Phi) is 5.47. The van der Waals surface area contributed by atoms with E-state index in [0.717, 1.165) is 5.92 Å². The maximum absolute atomic E-state index is 2.56. The van der Waals surface area contributed by atoms with Gasteiger partial charge in [0.15, 0.2) is 0 Å². The van der Waals surface area contributed by atoms with Crippen molar-refractivity contribution in [2.45, 2.75) is 33.1 Å². The van der Waals surface area contributed by atoms with E-state index in [1.807, 2.05) is 0 Å². The normalized spacial score (nSPS) is 25.1. The standard InChI is InChI=1S/C9H19N.FH/c1-3-5-9-6-7-10(4-2)8-9;/h9H,3-8H2,1-2H3;1H. The van der Waals surface area contributed by atoms with E-state index in [1.54, 1.807) is 0 Å². The van der Waals surface area contributed by atoms with Crippen LogP contribution in [-0.4, -0.2) is 24.5 Å². The largest absolute Gasteiger partial charge is 0.303 e. The molecular weight excluding hydrogens is 141 g/mol. The van der Waals surface area contributed by atoms with Crippen LogP contribution in [0, 0.1) is 5.92 Å². The number of rotatable bonds is 3. The Morgan fingerprint density at radius 3 is 2.55 bits per heavy atom. The van der Waals surface area contributed by atoms with Crippen LogP contribution in [0.15, 0.2) is 0 Å². The molecule has 68 valence electrons. The van der Waals surface area contributed by atoms with Crippen LogP contribution < -0.4 is 0 Å². The molecule has 1 nitrogen and oxygen atoms in total. The van der Waals surface area contributed by atoms with Gasteiger partial charge in [-0.2, -0.15) is 0 Å². The highest BCUT2D eigenvalue weighted by atomic mass is 19.0. The highest BCUT2D eigenvalue weighted by Gasteiger charge is 2.19. The van der Waals surface area contributed by atoms with Crippen LogP contribution in [-0.2, 0) is 0 Å². The second-order valence-corrected chi connectivity index (χ2v) is 3.34. The van der Waals surface area contributed by atoms with E-state index in [2.05, 4.69) is 18.7 Å². The molecule has 0 bridgehead atoms. The van der Waals surface area contributed by atoms with Crippen LogP contribution in [0.25, 0.3) is 0 Å². The first kappa shape index (κ1) is 10.9. The Hall–Kier alpha value is -0.110. The van der Waals surface area contributed by atoms with Gasteiger partial charge in [-0.25, -0.2) is 0 Å². The molecule has 1 saturated heterocycles. The highest BCUT2D eigenvalue weighted by molar-refractivity contribution is 4.73. The second-order valence-electron chi connectivity index (χ2n) is 3.34. The van der Waals surface area contributed by atoms with Crippen molar-refractivity contribution >= 4 is 0 Å². The Labute approximate surface area is 69.1 Å². The highest BCUT2D eigenvalue weighted by Crippen LogP contribution is 2.19. The second kappa shape index (κ2) is 5.53. The first-order chi connectivity index (χ1) is 4.86. The molecule has 1 aliphatic heterocycles. The number of hydrogen-bond acceptors (Lipinski definition) is 1. The zero-order chi connectivity index (χ0) is 7.40. The van der Waals surface area contributed by atoms with Crippen molar-refractivity contribution in [3.05, 3.63) is 0 Å². The van der Waals surface area contributed by atoms with E-state index in [9.17, 15) is 0 Å². The summed E-state index contributed by atoms with van der Waals surface area (Å²) in [5.41, 5.74) is 0. The van der Waals surface area contributed by atoms with E-state index in [0.29, 0.717) is 0 Å². The number of hydrogen-bond donors (Lipinski definition) is 0. The lowest BCUT2D eigenvalue weighted by molar-refractivity contribution is 0.337. The van der Waals surface area contributed by atoms with Crippen LogP contribution in [0.1, 0.15) is 33.1 Å². The summed E-state index contributed by atoms with van der Waals surface area (Å²) in [6, 6.07) is 0. The molecule has 1 fully saturated rings. The average molecular weight is 161 g/mol. The molecule has 0 aliphatic carbocycles. The molecule has 0 amide bonds. The molecule has 0 saturated carbocycles. The van der Waals surface area contributed by atoms with Gasteiger partial charge in [0, 0.05) is 6.54 Å². The average Bonchev–Trinajstić information content (AvgIpc) is 2.37. The lowest BCUT2D eigenvalue weighted by atomic mass is 10.0. The Balaban J connectivity index is 0.000001000. The van der Waals surface area contributed by atoms with Crippen molar-refractivity contribution in [1.29, 1.82) is 0 Å². The third-order valence-corrected chi connectivity index (χ3v) is 2.51. The van der Waals surface area contributed by atoms with E-state index < -0.39 is 0 Å². The zero-order valence-corrected chi connectivity index (χ0v) is 7.68. The van der Waals surface area contributed by atoms with Crippen molar-refractivity contribution in [2.24, 2.45) is 5.92 Å². The fourth-order valence-corrected chi connectivity index (χ4v) is 1.84. The molecule has 11 heavy (non-hydrogen) atoms. The Morgan fingerprint density at radius 2 is 2.09 bits per heavy atom. The van der Waals surface area contributed by atoms with Gasteiger partial charge in [0.05, 0.1) is 0 Å². The minimum atomic E-state index is 0. The fourth-order valence-electron chi connectivity index (χ4n) is 1.84. The molecule has 2 heteroatoms. The van der Waals surface area contributed by atoms with Gasteiger partial charge >= 0.3 is 0 Å². The molecule has 1 rings (SSSR count). The van der Waals surface area contributed by atoms with Crippen molar-refractivity contribution < 1.29 is 4.70 Å². The zero-order valence-electron chi connectivity index (χ0n) is 7.68. The van der Waals surface area contributed by atoms with Crippen molar-refractivity contribution in [1.82, 2.24) is 4.90 Å². The molecule has 0 aromatic carbocycles. The molecule has 1 unspecified atom stereocenters. The molecule has 0 spiro atoms. The van der Waals surface area contributed by atoms with Crippen molar-refractivity contribution in [3.8, 4) is 0 Å². The molecule has 1 aliphatic rings. The summed E-state index contributed by atoms with van der Waals surface area (Å²) >= 11 is 0. The van der Waals surface area contributed by atoms with Gasteiger partial charge in [-0.3, -0.25) is 4.70 Å². The molecular formula is C9H20FN. The predicted molar refractivity (Wildman–Crippen MR) is 47.6 cm³/mol. The lowest BCUT2D eigenvalue weighted by Crippen LogP contribution is -2.19. The van der Waals surface area contributed by atoms with Crippen LogP contribution >= 0.6 is 0 Å². The fraction of sp³-hybridized carbons (Fsp3) is 1.00. The first-order valence-corrected chi connectivity index (χ1v) is 4.59. The monoisotopic (exact) mass is 161 g/mol. The van der Waals surface area contributed by atoms with E-state index in [4.69, 9.17) is 0 Å². The van der Waals surface area contributed by atoms with E-state index in [-0.39, 0.29) is 4.70 Å². The number of likely N-dealkylation sites (tertiary alicyclic amines) is 1. The maximum Gasteiger partial charge on any atom is 0.00100 e. The van der Waals surface area contributed by atoms with E-state index in [1.165, 1.54) is 38.9 Å². The van der Waals surface area contributed by atoms with Gasteiger partial charge in [0.25, 0.3) is 0 Å². The summed E-state index contributed by atoms with van der Waals surface area (Å²) in [4.78, 5) is 2.56. The topological polar surface area (TPSA) is 3.24 Å². The van der Waals surface area contributed by atoms with Gasteiger partial charge in [-0.1, -0.05) is 20.3 Å². The smallest absolute Gasteiger partial charge is 0.00100 e. The van der Waals surface area contributed by atoms with E-state index >= 15 is 0 Å². The Bertz CT molecular complexity index is 95.6. The lowest BCUT2D eigenvalue weighted by Gasteiger charge is -2.11. The van der Waals surface area contributed by atoms with Crippen molar-refractivity contribution in [3.63, 3.8) is 0 Å². The SMILES string of the molecule is CCCC1CCN(CC)C1.F. The molecule has 0 aromatic heterocycles.